The van der Waals surface area contributed by atoms with E-state index in [0.29, 0.717) is 0 Å². The van der Waals surface area contributed by atoms with Gasteiger partial charge < -0.3 is 39.3 Å². The van der Waals surface area contributed by atoms with Crippen LogP contribution in [0.1, 0.15) is 6.92 Å². The number of hydrogen-bond donors (Lipinski definition) is 4. The molecule has 0 aromatic rings. The molecule has 0 radical (unpaired) electrons. The fourth-order valence-corrected chi connectivity index (χ4v) is 1.18. The number of phosphoric ester groups is 1. The Hall–Kier alpha value is -0.380. The summed E-state index contributed by atoms with van der Waals surface area (Å²) < 4.78 is 13.6. The normalized spacial score (nSPS) is 19.5. The maximum absolute atomic E-state index is 11.0. The quantitative estimate of drug-likeness (QED) is 0.336. The molecule has 0 fully saturated rings. The van der Waals surface area contributed by atoms with Crippen LogP contribution in [0.5, 0.6) is 0 Å². The van der Waals surface area contributed by atoms with Gasteiger partial charge in [-0.15, -0.1) is 0 Å². The van der Waals surface area contributed by atoms with Gasteiger partial charge >= 0.3 is 0 Å². The first-order chi connectivity index (χ1) is 7.56. The van der Waals surface area contributed by atoms with E-state index in [0.717, 1.165) is 6.92 Å². The van der Waals surface area contributed by atoms with Crippen molar-refractivity contribution in [3.63, 3.8) is 0 Å². The fraction of sp³-hybridized carbons (Fsp3) is 0.857. The third-order valence-electron chi connectivity index (χ3n) is 1.86. The minimum absolute atomic E-state index is 1.10. The lowest BCUT2D eigenvalue weighted by atomic mass is 10.0. The first kappa shape index (κ1) is 16.6. The van der Waals surface area contributed by atoms with Gasteiger partial charge in [-0.3, -0.25) is 4.79 Å². The van der Waals surface area contributed by atoms with Gasteiger partial charge in [0.25, 0.3) is 0 Å². The van der Waals surface area contributed by atoms with E-state index >= 15 is 0 Å². The molecular formula is C7H13O9P-2. The van der Waals surface area contributed by atoms with E-state index in [1.807, 2.05) is 0 Å². The number of aliphatic hydroxyl groups is 4. The third-order valence-corrected chi connectivity index (χ3v) is 2.31. The lowest BCUT2D eigenvalue weighted by molar-refractivity contribution is -0.341. The molecule has 0 heterocycles. The van der Waals surface area contributed by atoms with Crippen molar-refractivity contribution < 1.29 is 44.1 Å². The predicted octanol–water partition coefficient (Wildman–Crippen LogP) is -4.14. The molecule has 0 spiro atoms. The fourth-order valence-electron chi connectivity index (χ4n) is 0.891. The van der Waals surface area contributed by atoms with Crippen LogP contribution in [0.15, 0.2) is 0 Å². The van der Waals surface area contributed by atoms with E-state index in [4.69, 9.17) is 15.3 Å². The molecule has 0 aromatic heterocycles. The lowest BCUT2D eigenvalue weighted by Crippen LogP contribution is -2.47. The van der Waals surface area contributed by atoms with Crippen LogP contribution in [0.4, 0.5) is 0 Å². The lowest BCUT2D eigenvalue weighted by Gasteiger charge is -2.29. The van der Waals surface area contributed by atoms with Gasteiger partial charge in [-0.25, -0.2) is 0 Å². The number of ketones is 1. The van der Waals surface area contributed by atoms with Crippen LogP contribution >= 0.6 is 7.82 Å². The van der Waals surface area contributed by atoms with Crippen LogP contribution < -0.4 is 9.79 Å². The van der Waals surface area contributed by atoms with Crippen LogP contribution in [0.25, 0.3) is 0 Å². The van der Waals surface area contributed by atoms with E-state index in [9.17, 15) is 24.3 Å². The summed E-state index contributed by atoms with van der Waals surface area (Å²) in [5, 5.41) is 36.3. The second-order valence-corrected chi connectivity index (χ2v) is 4.51. The van der Waals surface area contributed by atoms with Gasteiger partial charge in [0, 0.05) is 0 Å². The molecule has 0 amide bonds. The van der Waals surface area contributed by atoms with Crippen LogP contribution in [-0.4, -0.2) is 57.2 Å². The average molecular weight is 272 g/mol. The molecule has 9 nitrogen and oxygen atoms in total. The number of rotatable bonds is 7. The second-order valence-electron chi connectivity index (χ2n) is 3.35. The van der Waals surface area contributed by atoms with E-state index in [2.05, 4.69) is 4.52 Å². The number of carbonyl (C=O) groups is 1. The van der Waals surface area contributed by atoms with Gasteiger partial charge in [-0.05, 0) is 6.92 Å². The van der Waals surface area contributed by atoms with Crippen LogP contribution in [0, 0.1) is 0 Å². The van der Waals surface area contributed by atoms with E-state index in [1.165, 1.54) is 0 Å². The monoisotopic (exact) mass is 272 g/mol. The zero-order chi connectivity index (χ0) is 13.8. The molecule has 0 aliphatic heterocycles. The summed E-state index contributed by atoms with van der Waals surface area (Å²) in [6.45, 7) is -0.153. The molecule has 0 aliphatic carbocycles. The van der Waals surface area contributed by atoms with E-state index < -0.39 is 44.6 Å². The zero-order valence-corrected chi connectivity index (χ0v) is 9.69. The summed E-state index contributed by atoms with van der Waals surface area (Å²) in [6, 6.07) is 0. The molecule has 17 heavy (non-hydrogen) atoms. The van der Waals surface area contributed by atoms with Crippen molar-refractivity contribution >= 4 is 13.6 Å². The second kappa shape index (κ2) is 6.53. The van der Waals surface area contributed by atoms with Crippen LogP contribution in [0.3, 0.4) is 0 Å². The van der Waals surface area contributed by atoms with E-state index in [-0.39, 0.29) is 0 Å². The van der Waals surface area contributed by atoms with Gasteiger partial charge in [-0.1, -0.05) is 0 Å². The Morgan fingerprint density at radius 2 is 1.71 bits per heavy atom. The number of aliphatic hydroxyl groups excluding tert-OH is 4. The topological polar surface area (TPSA) is 170 Å². The maximum atomic E-state index is 11.0. The average Bonchev–Trinajstić information content (AvgIpc) is 2.21. The SMILES string of the molecule is C[C@@H](O)[C@H](O)C(O)C(O)C(=O)COP(=O)([O-])[O-]. The number of phosphoric acid groups is 1. The Kier molecular flexibility index (Phi) is 6.38. The largest absolute Gasteiger partial charge is 0.790 e. The Morgan fingerprint density at radius 1 is 1.24 bits per heavy atom. The number of hydrogen-bond acceptors (Lipinski definition) is 9. The van der Waals surface area contributed by atoms with E-state index in [1.54, 1.807) is 0 Å². The van der Waals surface area contributed by atoms with Gasteiger partial charge in [0.1, 0.15) is 24.9 Å². The number of carbonyl (C=O) groups excluding carboxylic acids is 1. The minimum atomic E-state index is -5.36. The third kappa shape index (κ3) is 6.20. The van der Waals surface area contributed by atoms with Crippen molar-refractivity contribution in [3.8, 4) is 0 Å². The summed E-state index contributed by atoms with van der Waals surface area (Å²) in [5.41, 5.74) is 0. The molecule has 0 rings (SSSR count). The Balaban J connectivity index is 4.35. The first-order valence-electron chi connectivity index (χ1n) is 4.48. The van der Waals surface area contributed by atoms with Crippen molar-refractivity contribution in [1.29, 1.82) is 0 Å². The molecular weight excluding hydrogens is 259 g/mol. The summed E-state index contributed by atoms with van der Waals surface area (Å²) in [4.78, 5) is 31.1. The molecule has 4 atom stereocenters. The molecule has 0 saturated carbocycles. The van der Waals surface area contributed by atoms with Crippen molar-refractivity contribution in [2.75, 3.05) is 6.61 Å². The maximum Gasteiger partial charge on any atom is 0.189 e. The zero-order valence-electron chi connectivity index (χ0n) is 8.79. The molecule has 10 heteroatoms. The highest BCUT2D eigenvalue weighted by Gasteiger charge is 2.32. The smallest absolute Gasteiger partial charge is 0.189 e. The summed E-state index contributed by atoms with van der Waals surface area (Å²) in [5.74, 6) is -1.32. The van der Waals surface area contributed by atoms with Crippen LogP contribution in [-0.2, 0) is 13.9 Å². The first-order valence-corrected chi connectivity index (χ1v) is 5.94. The summed E-state index contributed by atoms with van der Waals surface area (Å²) >= 11 is 0. The Bertz CT molecular complexity index is 298. The Morgan fingerprint density at radius 3 is 2.06 bits per heavy atom. The molecule has 0 saturated heterocycles. The van der Waals surface area contributed by atoms with Crippen LogP contribution in [0.2, 0.25) is 0 Å². The molecule has 0 bridgehead atoms. The number of Topliss-reactive ketones (excluding diaryl/α,β-unsaturated/α-hetero) is 1. The van der Waals surface area contributed by atoms with Gasteiger partial charge in [-0.2, -0.15) is 0 Å². The highest BCUT2D eigenvalue weighted by Crippen LogP contribution is 2.24. The van der Waals surface area contributed by atoms with Gasteiger partial charge in [0.15, 0.2) is 5.78 Å². The van der Waals surface area contributed by atoms with Crippen molar-refractivity contribution in [1.82, 2.24) is 0 Å². The summed E-state index contributed by atoms with van der Waals surface area (Å²) in [7, 11) is -5.36. The summed E-state index contributed by atoms with van der Waals surface area (Å²) in [6.07, 6.45) is -7.42. The molecule has 0 aliphatic rings. The minimum Gasteiger partial charge on any atom is -0.790 e. The van der Waals surface area contributed by atoms with Crippen molar-refractivity contribution in [2.24, 2.45) is 0 Å². The highest BCUT2D eigenvalue weighted by molar-refractivity contribution is 7.43. The highest BCUT2D eigenvalue weighted by atomic mass is 31.2. The Labute approximate surface area is 96.5 Å². The van der Waals surface area contributed by atoms with Gasteiger partial charge in [0.05, 0.1) is 13.9 Å². The van der Waals surface area contributed by atoms with Gasteiger partial charge in [0.2, 0.25) is 0 Å². The van der Waals surface area contributed by atoms with Crippen molar-refractivity contribution in [3.05, 3.63) is 0 Å². The molecule has 2 unspecified atom stereocenters. The molecule has 102 valence electrons. The molecule has 4 N–H and O–H groups in total. The standard InChI is InChI=1S/C7H15O9P/c1-3(8)5(10)7(12)6(11)4(9)2-16-17(13,14)15/h3,5-8,10-12H,2H2,1H3,(H2,13,14,15)/p-2/t3-,5+,6?,7?/m1/s1. The predicted molar refractivity (Wildman–Crippen MR) is 48.3 cm³/mol. The van der Waals surface area contributed by atoms with Crippen molar-refractivity contribution in [2.45, 2.75) is 31.3 Å². The molecule has 0 aromatic carbocycles.